The molecule has 2 heteroatoms. The zero-order chi connectivity index (χ0) is 5.15. The predicted molar refractivity (Wildman–Crippen MR) is 20.8 cm³/mol. The van der Waals surface area contributed by atoms with E-state index in [0.29, 0.717) is 0 Å². The summed E-state index contributed by atoms with van der Waals surface area (Å²) in [6.07, 6.45) is -2.15. The highest BCUT2D eigenvalue weighted by molar-refractivity contribution is 4.41. The summed E-state index contributed by atoms with van der Waals surface area (Å²) in [6, 6.07) is 0. The van der Waals surface area contributed by atoms with E-state index in [-0.39, 0.29) is 0 Å². The van der Waals surface area contributed by atoms with Crippen molar-refractivity contribution in [3.63, 3.8) is 0 Å². The molecule has 0 N–H and O–H groups in total. The van der Waals surface area contributed by atoms with Crippen LogP contribution in [0.2, 0.25) is 0 Å². The summed E-state index contributed by atoms with van der Waals surface area (Å²) >= 11 is 0. The van der Waals surface area contributed by atoms with Crippen molar-refractivity contribution in [1.82, 2.24) is 0 Å². The van der Waals surface area contributed by atoms with Gasteiger partial charge in [-0.15, -0.1) is 0 Å². The number of alkyl halides is 2. The lowest BCUT2D eigenvalue weighted by molar-refractivity contribution is 0.0955. The molecule has 0 unspecified atom stereocenters. The Morgan fingerprint density at radius 1 is 1.17 bits per heavy atom. The van der Waals surface area contributed by atoms with Crippen molar-refractivity contribution in [3.8, 4) is 0 Å². The minimum Gasteiger partial charge on any atom is -0.210 e. The van der Waals surface area contributed by atoms with Crippen molar-refractivity contribution in [2.45, 2.75) is 20.3 Å². The van der Waals surface area contributed by atoms with Gasteiger partial charge in [-0.25, -0.2) is 8.78 Å². The molecule has 6 heavy (non-hydrogen) atoms. The second kappa shape index (κ2) is 2.11. The standard InChI is InChI=1S/C4H8F2/c1-3(2)4(5)6/h3-4H,1-2H3. The van der Waals surface area contributed by atoms with Gasteiger partial charge in [-0.05, 0) is 0 Å². The molecule has 0 bridgehead atoms. The molecule has 0 heterocycles. The van der Waals surface area contributed by atoms with Crippen molar-refractivity contribution in [2.24, 2.45) is 5.92 Å². The SMILES string of the molecule is CC(C)C(F)F. The highest BCUT2D eigenvalue weighted by Gasteiger charge is 2.05. The first-order valence-corrected chi connectivity index (χ1v) is 1.92. The van der Waals surface area contributed by atoms with Crippen LogP contribution in [0, 0.1) is 5.92 Å². The van der Waals surface area contributed by atoms with Crippen molar-refractivity contribution in [1.29, 1.82) is 0 Å². The molecule has 0 aromatic rings. The molecule has 0 rings (SSSR count). The van der Waals surface area contributed by atoms with Crippen LogP contribution in [-0.4, -0.2) is 6.43 Å². The molecule has 0 saturated carbocycles. The van der Waals surface area contributed by atoms with E-state index in [0.717, 1.165) is 0 Å². The highest BCUT2D eigenvalue weighted by Crippen LogP contribution is 2.04. The van der Waals surface area contributed by atoms with Crippen LogP contribution in [0.3, 0.4) is 0 Å². The highest BCUT2D eigenvalue weighted by atomic mass is 19.3. The molecule has 0 aliphatic carbocycles. The third-order valence-electron chi connectivity index (χ3n) is 0.504. The van der Waals surface area contributed by atoms with Gasteiger partial charge in [0.25, 0.3) is 0 Å². The van der Waals surface area contributed by atoms with Crippen LogP contribution < -0.4 is 0 Å². The van der Waals surface area contributed by atoms with E-state index >= 15 is 0 Å². The van der Waals surface area contributed by atoms with Crippen LogP contribution >= 0.6 is 0 Å². The zero-order valence-electron chi connectivity index (χ0n) is 3.91. The van der Waals surface area contributed by atoms with E-state index < -0.39 is 12.3 Å². The lowest BCUT2D eigenvalue weighted by Gasteiger charge is -1.97. The zero-order valence-corrected chi connectivity index (χ0v) is 3.91. The first-order chi connectivity index (χ1) is 2.64. The van der Waals surface area contributed by atoms with Crippen LogP contribution in [0.15, 0.2) is 0 Å². The molecule has 0 radical (unpaired) electrons. The molecular formula is C4H8F2. The van der Waals surface area contributed by atoms with E-state index in [2.05, 4.69) is 0 Å². The van der Waals surface area contributed by atoms with E-state index in [1.807, 2.05) is 0 Å². The van der Waals surface area contributed by atoms with Gasteiger partial charge in [0.15, 0.2) is 0 Å². The molecule has 0 aliphatic rings. The molecule has 0 amide bonds. The molecule has 0 nitrogen and oxygen atoms in total. The van der Waals surface area contributed by atoms with Gasteiger partial charge in [-0.2, -0.15) is 0 Å². The summed E-state index contributed by atoms with van der Waals surface area (Å²) in [7, 11) is 0. The fourth-order valence-corrected chi connectivity index (χ4v) is 0. The molecular weight excluding hydrogens is 86.0 g/mol. The number of hydrogen-bond acceptors (Lipinski definition) is 0. The average Bonchev–Trinajstić information content (AvgIpc) is 1.36. The van der Waals surface area contributed by atoms with Crippen LogP contribution in [0.4, 0.5) is 8.78 Å². The summed E-state index contributed by atoms with van der Waals surface area (Å²) in [5.41, 5.74) is 0. The van der Waals surface area contributed by atoms with Crippen molar-refractivity contribution in [3.05, 3.63) is 0 Å². The number of rotatable bonds is 1. The Balaban J connectivity index is 2.99. The van der Waals surface area contributed by atoms with Gasteiger partial charge in [0.2, 0.25) is 6.43 Å². The monoisotopic (exact) mass is 94.1 g/mol. The molecule has 0 aliphatic heterocycles. The molecule has 0 saturated heterocycles. The van der Waals surface area contributed by atoms with Gasteiger partial charge < -0.3 is 0 Å². The van der Waals surface area contributed by atoms with Gasteiger partial charge in [-0.3, -0.25) is 0 Å². The van der Waals surface area contributed by atoms with Crippen LogP contribution in [0.25, 0.3) is 0 Å². The Kier molecular flexibility index (Phi) is 2.06. The van der Waals surface area contributed by atoms with E-state index in [1.54, 1.807) is 0 Å². The van der Waals surface area contributed by atoms with Crippen LogP contribution in [0.5, 0.6) is 0 Å². The maximum atomic E-state index is 11.2. The lowest BCUT2D eigenvalue weighted by Crippen LogP contribution is -1.99. The average molecular weight is 94.1 g/mol. The van der Waals surface area contributed by atoms with Gasteiger partial charge in [0.1, 0.15) is 0 Å². The molecule has 0 aromatic carbocycles. The van der Waals surface area contributed by atoms with E-state index in [9.17, 15) is 8.78 Å². The molecule has 0 spiro atoms. The van der Waals surface area contributed by atoms with Gasteiger partial charge in [0, 0.05) is 5.92 Å². The Morgan fingerprint density at radius 3 is 1.33 bits per heavy atom. The maximum absolute atomic E-state index is 11.2. The fourth-order valence-electron chi connectivity index (χ4n) is 0. The fraction of sp³-hybridized carbons (Fsp3) is 1.00. The molecule has 38 valence electrons. The van der Waals surface area contributed by atoms with Crippen molar-refractivity contribution >= 4 is 0 Å². The predicted octanol–water partition coefficient (Wildman–Crippen LogP) is 1.91. The second-order valence-electron chi connectivity index (χ2n) is 1.58. The lowest BCUT2D eigenvalue weighted by atomic mass is 10.2. The van der Waals surface area contributed by atoms with E-state index in [4.69, 9.17) is 0 Å². The first-order valence-electron chi connectivity index (χ1n) is 1.92. The quantitative estimate of drug-likeness (QED) is 0.465. The van der Waals surface area contributed by atoms with Gasteiger partial charge in [0.05, 0.1) is 0 Å². The largest absolute Gasteiger partial charge is 0.240 e. The topological polar surface area (TPSA) is 0 Å². The summed E-state index contributed by atoms with van der Waals surface area (Å²) < 4.78 is 22.3. The third-order valence-corrected chi connectivity index (χ3v) is 0.504. The Labute approximate surface area is 36.2 Å². The smallest absolute Gasteiger partial charge is 0.210 e. The minimum absolute atomic E-state index is 0.481. The van der Waals surface area contributed by atoms with Gasteiger partial charge >= 0.3 is 0 Å². The molecule has 0 aromatic heterocycles. The van der Waals surface area contributed by atoms with Crippen LogP contribution in [0.1, 0.15) is 13.8 Å². The normalized spacial score (nSPS) is 11.0. The summed E-state index contributed by atoms with van der Waals surface area (Å²) in [5, 5.41) is 0. The summed E-state index contributed by atoms with van der Waals surface area (Å²) in [4.78, 5) is 0. The molecule has 0 atom stereocenters. The Bertz CT molecular complexity index is 26.5. The first kappa shape index (κ1) is 5.86. The minimum atomic E-state index is -2.15. The van der Waals surface area contributed by atoms with E-state index in [1.165, 1.54) is 13.8 Å². The van der Waals surface area contributed by atoms with Crippen molar-refractivity contribution < 1.29 is 8.78 Å². The Morgan fingerprint density at radius 2 is 1.33 bits per heavy atom. The Hall–Kier alpha value is -0.140. The van der Waals surface area contributed by atoms with Gasteiger partial charge in [-0.1, -0.05) is 13.8 Å². The second-order valence-corrected chi connectivity index (χ2v) is 1.58. The summed E-state index contributed by atoms with van der Waals surface area (Å²) in [5.74, 6) is -0.481. The van der Waals surface area contributed by atoms with Crippen LogP contribution in [-0.2, 0) is 0 Å². The third kappa shape index (κ3) is 2.12. The number of halogens is 2. The molecule has 0 fully saturated rings. The maximum Gasteiger partial charge on any atom is 0.240 e. The number of hydrogen-bond donors (Lipinski definition) is 0. The summed E-state index contributed by atoms with van der Waals surface area (Å²) in [6.45, 7) is 2.98. The van der Waals surface area contributed by atoms with Crippen molar-refractivity contribution in [2.75, 3.05) is 0 Å².